The van der Waals surface area contributed by atoms with Crippen LogP contribution in [0.25, 0.3) is 0 Å². The fraction of sp³-hybridized carbons (Fsp3) is 1.00. The van der Waals surface area contributed by atoms with Gasteiger partial charge in [-0.3, -0.25) is 0 Å². The molecule has 16 heavy (non-hydrogen) atoms. The summed E-state index contributed by atoms with van der Waals surface area (Å²) in [7, 11) is -3.92. The van der Waals surface area contributed by atoms with Crippen LogP contribution < -0.4 is 0 Å². The van der Waals surface area contributed by atoms with Gasteiger partial charge in [0.05, 0.1) is 27.7 Å². The van der Waals surface area contributed by atoms with Gasteiger partial charge in [-0.15, -0.1) is 0 Å². The van der Waals surface area contributed by atoms with Gasteiger partial charge < -0.3 is 4.48 Å². The van der Waals surface area contributed by atoms with Crippen molar-refractivity contribution in [3.05, 3.63) is 0 Å². The van der Waals surface area contributed by atoms with Crippen LogP contribution in [0.2, 0.25) is 0 Å². The minimum atomic E-state index is -10.7. The van der Waals surface area contributed by atoms with Crippen LogP contribution in [0.1, 0.15) is 26.2 Å². The van der Waals surface area contributed by atoms with Gasteiger partial charge in [0, 0.05) is 0 Å². The molecule has 0 aromatic carbocycles. The summed E-state index contributed by atoms with van der Waals surface area (Å²) < 4.78 is 60.3. The van der Waals surface area contributed by atoms with Crippen molar-refractivity contribution in [3.63, 3.8) is 0 Å². The Hall–Kier alpha value is -0.0300. The number of hydrogen-bond donors (Lipinski definition) is 0. The van der Waals surface area contributed by atoms with Gasteiger partial charge in [0.1, 0.15) is 0 Å². The maximum atomic E-state index is 9.87. The van der Waals surface area contributed by atoms with Gasteiger partial charge in [-0.05, 0) is 12.8 Å². The molecule has 0 bridgehead atoms. The van der Waals surface area contributed by atoms with Gasteiger partial charge >= 0.3 is 33.0 Å². The molecule has 0 saturated heterocycles. The fourth-order valence-electron chi connectivity index (χ4n) is 0.836. The predicted molar refractivity (Wildman–Crippen MR) is 56.0 cm³/mol. The van der Waals surface area contributed by atoms with Gasteiger partial charge in [-0.25, -0.2) is 0 Å². The van der Waals surface area contributed by atoms with Gasteiger partial charge in [0.2, 0.25) is 0 Å². The van der Waals surface area contributed by atoms with Crippen molar-refractivity contribution in [1.29, 1.82) is 0 Å². The third-order valence-electron chi connectivity index (χ3n) is 1.43. The van der Waals surface area contributed by atoms with Crippen LogP contribution in [0, 0.1) is 0 Å². The quantitative estimate of drug-likeness (QED) is 0.284. The summed E-state index contributed by atoms with van der Waals surface area (Å²) in [5.74, 6) is 0. The monoisotopic (exact) mass is 275 g/mol. The molecule has 0 fully saturated rings. The normalized spacial score (nSPS) is 16.9. The van der Waals surface area contributed by atoms with E-state index in [0.717, 1.165) is 4.48 Å². The summed E-state index contributed by atoms with van der Waals surface area (Å²) in [6.45, 7) is 3.56. The van der Waals surface area contributed by atoms with E-state index in [2.05, 4.69) is 28.1 Å². The van der Waals surface area contributed by atoms with Crippen LogP contribution in [-0.4, -0.2) is 32.2 Å². The molecular weight excluding hydrogens is 255 g/mol. The standard InChI is InChI=1S/C8H20N.F6P/c1-5-6-7-8-9(2,3)4;1-7(2,3,4,5)6/h5-8H2,1-4H3;/q+1;-1. The Kier molecular flexibility index (Phi) is 5.37. The van der Waals surface area contributed by atoms with E-state index in [1.165, 1.54) is 25.8 Å². The van der Waals surface area contributed by atoms with Gasteiger partial charge in [0.15, 0.2) is 0 Å². The maximum absolute atomic E-state index is 10.7. The van der Waals surface area contributed by atoms with Crippen molar-refractivity contribution in [3.8, 4) is 0 Å². The zero-order valence-electron chi connectivity index (χ0n) is 9.99. The molecule has 0 radical (unpaired) electrons. The molecule has 0 rings (SSSR count). The van der Waals surface area contributed by atoms with E-state index in [9.17, 15) is 25.2 Å². The van der Waals surface area contributed by atoms with E-state index >= 15 is 0 Å². The molecule has 0 aromatic rings. The third kappa shape index (κ3) is 65.9. The SMILES string of the molecule is CCCCC[N+](C)(C)C.F[P-](F)(F)(F)(F)F. The fourth-order valence-corrected chi connectivity index (χ4v) is 0.836. The molecule has 0 heterocycles. The molecule has 0 aromatic heterocycles. The molecule has 1 nitrogen and oxygen atoms in total. The summed E-state index contributed by atoms with van der Waals surface area (Å²) in [4.78, 5) is 0. The van der Waals surface area contributed by atoms with E-state index in [4.69, 9.17) is 0 Å². The van der Waals surface area contributed by atoms with Crippen molar-refractivity contribution in [1.82, 2.24) is 0 Å². The second-order valence-electron chi connectivity index (χ2n) is 4.68. The molecule has 0 aliphatic heterocycles. The van der Waals surface area contributed by atoms with Gasteiger partial charge in [0.25, 0.3) is 0 Å². The Labute approximate surface area is 92.3 Å². The molecule has 0 spiro atoms. The first-order chi connectivity index (χ1) is 6.51. The average molecular weight is 275 g/mol. The van der Waals surface area contributed by atoms with Crippen LogP contribution >= 0.6 is 7.81 Å². The van der Waals surface area contributed by atoms with Gasteiger partial charge in [-0.1, -0.05) is 13.3 Å². The topological polar surface area (TPSA) is 0 Å². The van der Waals surface area contributed by atoms with Crippen molar-refractivity contribution >= 4 is 7.81 Å². The van der Waals surface area contributed by atoms with Crippen LogP contribution in [0.4, 0.5) is 25.2 Å². The average Bonchev–Trinajstić information content (AvgIpc) is 1.77. The van der Waals surface area contributed by atoms with Crippen LogP contribution in [0.15, 0.2) is 0 Å². The van der Waals surface area contributed by atoms with E-state index < -0.39 is 7.81 Å². The third-order valence-corrected chi connectivity index (χ3v) is 1.43. The van der Waals surface area contributed by atoms with Crippen molar-refractivity contribution in [2.75, 3.05) is 27.7 Å². The summed E-state index contributed by atoms with van der Waals surface area (Å²) in [6.07, 6.45) is 4.09. The first-order valence-electron chi connectivity index (χ1n) is 4.88. The second-order valence-corrected chi connectivity index (χ2v) is 6.60. The van der Waals surface area contributed by atoms with Gasteiger partial charge in [-0.2, -0.15) is 0 Å². The van der Waals surface area contributed by atoms with Crippen molar-refractivity contribution in [2.45, 2.75) is 26.2 Å². The van der Waals surface area contributed by atoms with Crippen LogP contribution in [-0.2, 0) is 0 Å². The molecular formula is C8H20F6NP. The summed E-state index contributed by atoms with van der Waals surface area (Å²) in [5.41, 5.74) is 0. The molecule has 0 unspecified atom stereocenters. The first kappa shape index (κ1) is 18.3. The Morgan fingerprint density at radius 2 is 1.12 bits per heavy atom. The Morgan fingerprint density at radius 3 is 1.31 bits per heavy atom. The Morgan fingerprint density at radius 1 is 0.812 bits per heavy atom. The molecule has 0 N–H and O–H groups in total. The summed E-state index contributed by atoms with van der Waals surface area (Å²) in [6, 6.07) is 0. The molecule has 0 aliphatic rings. The number of halogens is 6. The summed E-state index contributed by atoms with van der Waals surface area (Å²) in [5, 5.41) is 0. The molecule has 0 saturated carbocycles. The number of unbranched alkanes of at least 4 members (excludes halogenated alkanes) is 2. The minimum absolute atomic E-state index is 1.11. The molecule has 0 amide bonds. The number of hydrogen-bond acceptors (Lipinski definition) is 0. The number of rotatable bonds is 4. The van der Waals surface area contributed by atoms with E-state index in [0.29, 0.717) is 0 Å². The van der Waals surface area contributed by atoms with E-state index in [-0.39, 0.29) is 0 Å². The Bertz CT molecular complexity index is 189. The van der Waals surface area contributed by atoms with Crippen molar-refractivity contribution < 1.29 is 29.7 Å². The summed E-state index contributed by atoms with van der Waals surface area (Å²) >= 11 is 0. The number of quaternary nitrogens is 1. The number of nitrogens with zero attached hydrogens (tertiary/aromatic N) is 1. The molecule has 0 atom stereocenters. The van der Waals surface area contributed by atoms with E-state index in [1.807, 2.05) is 0 Å². The van der Waals surface area contributed by atoms with Crippen LogP contribution in [0.3, 0.4) is 0 Å². The Balaban J connectivity index is 0. The second kappa shape index (κ2) is 4.69. The predicted octanol–water partition coefficient (Wildman–Crippen LogP) is 5.27. The van der Waals surface area contributed by atoms with E-state index in [1.54, 1.807) is 0 Å². The molecule has 8 heteroatoms. The van der Waals surface area contributed by atoms with Crippen LogP contribution in [0.5, 0.6) is 0 Å². The molecule has 0 aliphatic carbocycles. The van der Waals surface area contributed by atoms with Crippen molar-refractivity contribution in [2.24, 2.45) is 0 Å². The zero-order chi connectivity index (χ0) is 13.7. The first-order valence-corrected chi connectivity index (χ1v) is 6.91. The molecule has 104 valence electrons. The zero-order valence-corrected chi connectivity index (χ0v) is 10.9.